The second-order valence-electron chi connectivity index (χ2n) is 4.42. The standard InChI is InChI=1S/C11H17N3O3/c1-13-10(16)5-4-9(12-13)11(17)14(6-7-15)8-2-3-8/h8,15H,2-7H2,1H3. The topological polar surface area (TPSA) is 73.2 Å². The van der Waals surface area contributed by atoms with Crippen LogP contribution in [-0.2, 0) is 9.59 Å². The Hall–Kier alpha value is -1.43. The molecule has 0 aromatic rings. The predicted octanol–water partition coefficient (Wildman–Crippen LogP) is -0.422. The van der Waals surface area contributed by atoms with Crippen LogP contribution in [0.1, 0.15) is 25.7 Å². The van der Waals surface area contributed by atoms with Crippen LogP contribution >= 0.6 is 0 Å². The first kappa shape index (κ1) is 12.0. The zero-order valence-corrected chi connectivity index (χ0v) is 9.93. The molecule has 2 aliphatic rings. The Morgan fingerprint density at radius 3 is 2.76 bits per heavy atom. The number of hydrazone groups is 1. The summed E-state index contributed by atoms with van der Waals surface area (Å²) < 4.78 is 0. The largest absolute Gasteiger partial charge is 0.395 e. The van der Waals surface area contributed by atoms with Crippen molar-refractivity contribution in [2.75, 3.05) is 20.2 Å². The fraction of sp³-hybridized carbons (Fsp3) is 0.727. The van der Waals surface area contributed by atoms with E-state index < -0.39 is 0 Å². The van der Waals surface area contributed by atoms with E-state index in [2.05, 4.69) is 5.10 Å². The highest BCUT2D eigenvalue weighted by Crippen LogP contribution is 2.27. The van der Waals surface area contributed by atoms with Gasteiger partial charge in [0.15, 0.2) is 0 Å². The number of rotatable bonds is 4. The maximum Gasteiger partial charge on any atom is 0.270 e. The van der Waals surface area contributed by atoms with Gasteiger partial charge < -0.3 is 10.0 Å². The van der Waals surface area contributed by atoms with Crippen molar-refractivity contribution in [3.63, 3.8) is 0 Å². The first-order valence-electron chi connectivity index (χ1n) is 5.89. The van der Waals surface area contributed by atoms with Crippen molar-refractivity contribution >= 4 is 17.5 Å². The number of hydrogen-bond donors (Lipinski definition) is 1. The van der Waals surface area contributed by atoms with Gasteiger partial charge in [0.25, 0.3) is 5.91 Å². The molecule has 1 aliphatic carbocycles. The summed E-state index contributed by atoms with van der Waals surface area (Å²) >= 11 is 0. The molecule has 2 rings (SSSR count). The van der Waals surface area contributed by atoms with Crippen molar-refractivity contribution in [1.82, 2.24) is 9.91 Å². The summed E-state index contributed by atoms with van der Waals surface area (Å²) in [7, 11) is 1.56. The van der Waals surface area contributed by atoms with E-state index in [9.17, 15) is 9.59 Å². The Balaban J connectivity index is 2.07. The van der Waals surface area contributed by atoms with E-state index in [0.717, 1.165) is 12.8 Å². The van der Waals surface area contributed by atoms with Gasteiger partial charge in [-0.15, -0.1) is 0 Å². The van der Waals surface area contributed by atoms with E-state index in [-0.39, 0.29) is 24.5 Å². The number of carbonyl (C=O) groups is 2. The van der Waals surface area contributed by atoms with E-state index in [1.807, 2.05) is 0 Å². The molecule has 17 heavy (non-hydrogen) atoms. The maximum atomic E-state index is 12.2. The van der Waals surface area contributed by atoms with Crippen LogP contribution in [-0.4, -0.2) is 58.8 Å². The molecule has 0 unspecified atom stereocenters. The molecule has 6 nitrogen and oxygen atoms in total. The number of aliphatic hydroxyl groups is 1. The molecule has 1 heterocycles. The Morgan fingerprint density at radius 2 is 2.24 bits per heavy atom. The Morgan fingerprint density at radius 1 is 1.53 bits per heavy atom. The summed E-state index contributed by atoms with van der Waals surface area (Å²) in [5, 5.41) is 14.2. The van der Waals surface area contributed by atoms with Gasteiger partial charge in [0.1, 0.15) is 5.71 Å². The normalized spacial score (nSPS) is 20.2. The van der Waals surface area contributed by atoms with Crippen molar-refractivity contribution in [2.24, 2.45) is 5.10 Å². The smallest absolute Gasteiger partial charge is 0.270 e. The van der Waals surface area contributed by atoms with Crippen LogP contribution in [0.2, 0.25) is 0 Å². The summed E-state index contributed by atoms with van der Waals surface area (Å²) in [6, 6.07) is 0.250. The molecule has 1 saturated carbocycles. The minimum atomic E-state index is -0.138. The average Bonchev–Trinajstić information content (AvgIpc) is 3.13. The molecule has 0 aromatic carbocycles. The molecule has 0 aromatic heterocycles. The van der Waals surface area contributed by atoms with Crippen LogP contribution in [0.15, 0.2) is 5.10 Å². The fourth-order valence-corrected chi connectivity index (χ4v) is 1.93. The monoisotopic (exact) mass is 239 g/mol. The van der Waals surface area contributed by atoms with Gasteiger partial charge >= 0.3 is 0 Å². The number of amides is 2. The van der Waals surface area contributed by atoms with Gasteiger partial charge in [0.2, 0.25) is 5.91 Å². The lowest BCUT2D eigenvalue weighted by Crippen LogP contribution is -2.43. The summed E-state index contributed by atoms with van der Waals surface area (Å²) in [6.07, 6.45) is 2.72. The van der Waals surface area contributed by atoms with Gasteiger partial charge in [-0.05, 0) is 12.8 Å². The highest BCUT2D eigenvalue weighted by atomic mass is 16.3. The van der Waals surface area contributed by atoms with Crippen LogP contribution in [0, 0.1) is 0 Å². The van der Waals surface area contributed by atoms with Crippen LogP contribution in [0.25, 0.3) is 0 Å². The number of nitrogens with zero attached hydrogens (tertiary/aromatic N) is 3. The van der Waals surface area contributed by atoms with E-state index >= 15 is 0 Å². The Labute approximate surface area is 99.9 Å². The van der Waals surface area contributed by atoms with Gasteiger partial charge in [0, 0.05) is 32.5 Å². The van der Waals surface area contributed by atoms with E-state index in [0.29, 0.717) is 25.1 Å². The second kappa shape index (κ2) is 4.83. The summed E-state index contributed by atoms with van der Waals surface area (Å²) in [5.41, 5.74) is 0.424. The second-order valence-corrected chi connectivity index (χ2v) is 4.42. The molecule has 2 amide bonds. The summed E-state index contributed by atoms with van der Waals surface area (Å²) in [6.45, 7) is 0.310. The number of carbonyl (C=O) groups excluding carboxylic acids is 2. The zero-order chi connectivity index (χ0) is 12.4. The van der Waals surface area contributed by atoms with Crippen molar-refractivity contribution in [3.8, 4) is 0 Å². The molecule has 6 heteroatoms. The lowest BCUT2D eigenvalue weighted by Gasteiger charge is -2.25. The van der Waals surface area contributed by atoms with E-state index in [1.165, 1.54) is 5.01 Å². The third-order valence-electron chi connectivity index (χ3n) is 3.04. The minimum absolute atomic E-state index is 0.0374. The number of aliphatic hydroxyl groups excluding tert-OH is 1. The molecule has 94 valence electrons. The number of hydrogen-bond acceptors (Lipinski definition) is 4. The van der Waals surface area contributed by atoms with E-state index in [4.69, 9.17) is 5.11 Å². The molecular formula is C11H17N3O3. The predicted molar refractivity (Wildman–Crippen MR) is 61.3 cm³/mol. The van der Waals surface area contributed by atoms with Gasteiger partial charge in [-0.1, -0.05) is 0 Å². The first-order valence-corrected chi connectivity index (χ1v) is 5.89. The lowest BCUT2D eigenvalue weighted by molar-refractivity contribution is -0.130. The van der Waals surface area contributed by atoms with Crippen LogP contribution in [0.4, 0.5) is 0 Å². The van der Waals surface area contributed by atoms with Crippen molar-refractivity contribution < 1.29 is 14.7 Å². The highest BCUT2D eigenvalue weighted by Gasteiger charge is 2.35. The zero-order valence-electron chi connectivity index (χ0n) is 9.93. The molecule has 0 spiro atoms. The average molecular weight is 239 g/mol. The molecule has 0 saturated heterocycles. The molecular weight excluding hydrogens is 222 g/mol. The van der Waals surface area contributed by atoms with E-state index in [1.54, 1.807) is 11.9 Å². The molecule has 0 atom stereocenters. The van der Waals surface area contributed by atoms with Crippen molar-refractivity contribution in [2.45, 2.75) is 31.7 Å². The fourth-order valence-electron chi connectivity index (χ4n) is 1.93. The minimum Gasteiger partial charge on any atom is -0.395 e. The molecule has 0 bridgehead atoms. The summed E-state index contributed by atoms with van der Waals surface area (Å²) in [4.78, 5) is 25.1. The third kappa shape index (κ3) is 2.63. The Kier molecular flexibility index (Phi) is 3.42. The van der Waals surface area contributed by atoms with Crippen LogP contribution in [0.5, 0.6) is 0 Å². The quantitative estimate of drug-likeness (QED) is 0.724. The highest BCUT2D eigenvalue weighted by molar-refractivity contribution is 6.39. The first-order chi connectivity index (χ1) is 8.13. The van der Waals surface area contributed by atoms with Gasteiger partial charge in [-0.2, -0.15) is 5.10 Å². The van der Waals surface area contributed by atoms with Crippen molar-refractivity contribution in [1.29, 1.82) is 0 Å². The molecule has 1 aliphatic heterocycles. The molecule has 1 N–H and O–H groups in total. The van der Waals surface area contributed by atoms with Gasteiger partial charge in [-0.25, -0.2) is 5.01 Å². The van der Waals surface area contributed by atoms with Crippen LogP contribution in [0.3, 0.4) is 0 Å². The van der Waals surface area contributed by atoms with Gasteiger partial charge in [0.05, 0.1) is 6.61 Å². The van der Waals surface area contributed by atoms with Gasteiger partial charge in [-0.3, -0.25) is 9.59 Å². The van der Waals surface area contributed by atoms with Crippen molar-refractivity contribution in [3.05, 3.63) is 0 Å². The molecule has 1 fully saturated rings. The molecule has 0 radical (unpaired) electrons. The van der Waals surface area contributed by atoms with Crippen LogP contribution < -0.4 is 0 Å². The lowest BCUT2D eigenvalue weighted by atomic mass is 10.1. The summed E-state index contributed by atoms with van der Waals surface area (Å²) in [5.74, 6) is -0.206. The SMILES string of the molecule is CN1N=C(C(=O)N(CCO)C2CC2)CCC1=O. The Bertz CT molecular complexity index is 363. The third-order valence-corrected chi connectivity index (χ3v) is 3.04. The maximum absolute atomic E-state index is 12.2.